The number of nitrogens with two attached hydrogens (primary N) is 1. The van der Waals surface area contributed by atoms with Gasteiger partial charge in [-0.25, -0.2) is 4.39 Å². The lowest BCUT2D eigenvalue weighted by Crippen LogP contribution is -2.34. The molecule has 104 valence electrons. The SMILES string of the molecule is CC(N)C1CCN(CC(=O)Nc2cccc(F)c2)C1. The van der Waals surface area contributed by atoms with Gasteiger partial charge in [-0.15, -0.1) is 0 Å². The number of carbonyl (C=O) groups is 1. The van der Waals surface area contributed by atoms with E-state index in [4.69, 9.17) is 5.73 Å². The van der Waals surface area contributed by atoms with Crippen molar-refractivity contribution in [1.29, 1.82) is 0 Å². The summed E-state index contributed by atoms with van der Waals surface area (Å²) in [5.41, 5.74) is 6.36. The van der Waals surface area contributed by atoms with E-state index in [2.05, 4.69) is 10.2 Å². The predicted octanol–water partition coefficient (Wildman–Crippen LogP) is 1.43. The highest BCUT2D eigenvalue weighted by Gasteiger charge is 2.26. The second-order valence-electron chi connectivity index (χ2n) is 5.20. The molecule has 0 aliphatic carbocycles. The van der Waals surface area contributed by atoms with Crippen LogP contribution in [-0.4, -0.2) is 36.5 Å². The van der Waals surface area contributed by atoms with E-state index in [0.29, 0.717) is 18.2 Å². The van der Waals surface area contributed by atoms with Gasteiger partial charge in [-0.3, -0.25) is 9.69 Å². The third-order valence-corrected chi connectivity index (χ3v) is 3.53. The van der Waals surface area contributed by atoms with E-state index >= 15 is 0 Å². The van der Waals surface area contributed by atoms with E-state index in [0.717, 1.165) is 19.5 Å². The Morgan fingerprint density at radius 2 is 2.42 bits per heavy atom. The molecule has 0 saturated carbocycles. The molecule has 5 heteroatoms. The first kappa shape index (κ1) is 14.0. The van der Waals surface area contributed by atoms with E-state index < -0.39 is 0 Å². The molecule has 2 unspecified atom stereocenters. The number of anilines is 1. The first-order valence-corrected chi connectivity index (χ1v) is 6.58. The fourth-order valence-electron chi connectivity index (χ4n) is 2.41. The van der Waals surface area contributed by atoms with Crippen LogP contribution in [0.3, 0.4) is 0 Å². The van der Waals surface area contributed by atoms with Crippen molar-refractivity contribution in [2.24, 2.45) is 11.7 Å². The van der Waals surface area contributed by atoms with Crippen molar-refractivity contribution < 1.29 is 9.18 Å². The van der Waals surface area contributed by atoms with Crippen LogP contribution in [0, 0.1) is 11.7 Å². The van der Waals surface area contributed by atoms with Gasteiger partial charge in [0.2, 0.25) is 5.91 Å². The molecular formula is C14H20FN3O. The van der Waals surface area contributed by atoms with Crippen molar-refractivity contribution in [3.05, 3.63) is 30.1 Å². The number of nitrogens with zero attached hydrogens (tertiary/aromatic N) is 1. The van der Waals surface area contributed by atoms with E-state index in [9.17, 15) is 9.18 Å². The molecule has 2 atom stereocenters. The summed E-state index contributed by atoms with van der Waals surface area (Å²) in [5.74, 6) is -0.00566. The normalized spacial score (nSPS) is 21.3. The molecule has 1 aromatic carbocycles. The van der Waals surface area contributed by atoms with Gasteiger partial charge in [0, 0.05) is 18.3 Å². The molecule has 1 heterocycles. The van der Waals surface area contributed by atoms with Crippen molar-refractivity contribution >= 4 is 11.6 Å². The van der Waals surface area contributed by atoms with Crippen LogP contribution in [0.1, 0.15) is 13.3 Å². The van der Waals surface area contributed by atoms with Crippen LogP contribution in [0.25, 0.3) is 0 Å². The Kier molecular flexibility index (Phi) is 4.50. The Hall–Kier alpha value is -1.46. The zero-order valence-corrected chi connectivity index (χ0v) is 11.1. The number of nitrogens with one attached hydrogen (secondary N) is 1. The van der Waals surface area contributed by atoms with Crippen LogP contribution in [0.2, 0.25) is 0 Å². The summed E-state index contributed by atoms with van der Waals surface area (Å²) in [5, 5.41) is 2.70. The predicted molar refractivity (Wildman–Crippen MR) is 73.2 cm³/mol. The van der Waals surface area contributed by atoms with Gasteiger partial charge in [-0.1, -0.05) is 6.07 Å². The molecule has 1 aromatic rings. The van der Waals surface area contributed by atoms with Gasteiger partial charge in [0.25, 0.3) is 0 Å². The van der Waals surface area contributed by atoms with Crippen LogP contribution in [0.4, 0.5) is 10.1 Å². The zero-order chi connectivity index (χ0) is 13.8. The third kappa shape index (κ3) is 4.01. The standard InChI is InChI=1S/C14H20FN3O/c1-10(16)11-5-6-18(8-11)9-14(19)17-13-4-2-3-12(15)7-13/h2-4,7,10-11H,5-6,8-9,16H2,1H3,(H,17,19). The van der Waals surface area contributed by atoms with Gasteiger partial charge < -0.3 is 11.1 Å². The van der Waals surface area contributed by atoms with E-state index in [-0.39, 0.29) is 17.8 Å². The molecule has 4 nitrogen and oxygen atoms in total. The van der Waals surface area contributed by atoms with Crippen molar-refractivity contribution in [2.75, 3.05) is 25.0 Å². The Bertz CT molecular complexity index is 450. The molecule has 19 heavy (non-hydrogen) atoms. The molecule has 2 rings (SSSR count). The number of hydrogen-bond donors (Lipinski definition) is 2. The summed E-state index contributed by atoms with van der Waals surface area (Å²) in [4.78, 5) is 13.9. The molecule has 0 aromatic heterocycles. The quantitative estimate of drug-likeness (QED) is 0.866. The fraction of sp³-hybridized carbons (Fsp3) is 0.500. The summed E-state index contributed by atoms with van der Waals surface area (Å²) < 4.78 is 13.0. The molecule has 0 radical (unpaired) electrons. The lowest BCUT2D eigenvalue weighted by Gasteiger charge is -2.17. The van der Waals surface area contributed by atoms with Gasteiger partial charge >= 0.3 is 0 Å². The van der Waals surface area contributed by atoms with Crippen LogP contribution < -0.4 is 11.1 Å². The number of carbonyl (C=O) groups excluding carboxylic acids is 1. The summed E-state index contributed by atoms with van der Waals surface area (Å²) in [6.45, 7) is 4.08. The Morgan fingerprint density at radius 3 is 3.05 bits per heavy atom. The number of halogens is 1. The third-order valence-electron chi connectivity index (χ3n) is 3.53. The Morgan fingerprint density at radius 1 is 1.63 bits per heavy atom. The van der Waals surface area contributed by atoms with Crippen LogP contribution in [0.15, 0.2) is 24.3 Å². The molecule has 1 fully saturated rings. The smallest absolute Gasteiger partial charge is 0.238 e. The van der Waals surface area contributed by atoms with Gasteiger partial charge in [-0.05, 0) is 44.0 Å². The number of hydrogen-bond acceptors (Lipinski definition) is 3. The largest absolute Gasteiger partial charge is 0.328 e. The Labute approximate surface area is 112 Å². The maximum Gasteiger partial charge on any atom is 0.238 e. The minimum atomic E-state index is -0.351. The number of likely N-dealkylation sites (tertiary alicyclic amines) is 1. The molecular weight excluding hydrogens is 245 g/mol. The van der Waals surface area contributed by atoms with E-state index in [1.54, 1.807) is 12.1 Å². The van der Waals surface area contributed by atoms with Crippen molar-refractivity contribution in [2.45, 2.75) is 19.4 Å². The van der Waals surface area contributed by atoms with Crippen LogP contribution in [0.5, 0.6) is 0 Å². The zero-order valence-electron chi connectivity index (χ0n) is 11.1. The van der Waals surface area contributed by atoms with E-state index in [1.807, 2.05) is 6.92 Å². The topological polar surface area (TPSA) is 58.4 Å². The highest BCUT2D eigenvalue weighted by atomic mass is 19.1. The molecule has 0 bridgehead atoms. The summed E-state index contributed by atoms with van der Waals surface area (Å²) in [6.07, 6.45) is 1.03. The van der Waals surface area contributed by atoms with Crippen molar-refractivity contribution in [3.63, 3.8) is 0 Å². The summed E-state index contributed by atoms with van der Waals surface area (Å²) in [7, 11) is 0. The Balaban J connectivity index is 1.82. The van der Waals surface area contributed by atoms with Gasteiger partial charge in [0.05, 0.1) is 6.54 Å². The molecule has 1 aliphatic rings. The average molecular weight is 265 g/mol. The van der Waals surface area contributed by atoms with Gasteiger partial charge in [-0.2, -0.15) is 0 Å². The minimum Gasteiger partial charge on any atom is -0.328 e. The lowest BCUT2D eigenvalue weighted by molar-refractivity contribution is -0.117. The molecule has 1 amide bonds. The second kappa shape index (κ2) is 6.12. The molecule has 1 saturated heterocycles. The maximum atomic E-state index is 13.0. The second-order valence-corrected chi connectivity index (χ2v) is 5.20. The first-order chi connectivity index (χ1) is 9.04. The highest BCUT2D eigenvalue weighted by molar-refractivity contribution is 5.92. The number of rotatable bonds is 4. The summed E-state index contributed by atoms with van der Waals surface area (Å²) in [6, 6.07) is 6.08. The average Bonchev–Trinajstić information content (AvgIpc) is 2.77. The van der Waals surface area contributed by atoms with Crippen LogP contribution in [-0.2, 0) is 4.79 Å². The number of benzene rings is 1. The van der Waals surface area contributed by atoms with Gasteiger partial charge in [0.1, 0.15) is 5.82 Å². The van der Waals surface area contributed by atoms with Crippen LogP contribution >= 0.6 is 0 Å². The molecule has 0 spiro atoms. The summed E-state index contributed by atoms with van der Waals surface area (Å²) >= 11 is 0. The lowest BCUT2D eigenvalue weighted by atomic mass is 10.0. The monoisotopic (exact) mass is 265 g/mol. The molecule has 3 N–H and O–H groups in total. The maximum absolute atomic E-state index is 13.0. The van der Waals surface area contributed by atoms with Crippen molar-refractivity contribution in [1.82, 2.24) is 4.90 Å². The van der Waals surface area contributed by atoms with Crippen molar-refractivity contribution in [3.8, 4) is 0 Å². The van der Waals surface area contributed by atoms with Gasteiger partial charge in [0.15, 0.2) is 0 Å². The fourth-order valence-corrected chi connectivity index (χ4v) is 2.41. The van der Waals surface area contributed by atoms with E-state index in [1.165, 1.54) is 12.1 Å². The first-order valence-electron chi connectivity index (χ1n) is 6.58. The molecule has 1 aliphatic heterocycles. The highest BCUT2D eigenvalue weighted by Crippen LogP contribution is 2.18. The number of amides is 1. The minimum absolute atomic E-state index is 0.115.